The number of nitrogens with zero attached hydrogens (tertiary/aromatic N) is 1. The number of nitrogens with one attached hydrogen (secondary N) is 1. The lowest BCUT2D eigenvalue weighted by atomic mass is 10.0. The first-order chi connectivity index (χ1) is 10.2. The molecule has 1 amide bonds. The smallest absolute Gasteiger partial charge is 0.226 e. The Morgan fingerprint density at radius 2 is 2.04 bits per heavy atom. The van der Waals surface area contributed by atoms with Gasteiger partial charge in [-0.05, 0) is 13.0 Å². The van der Waals surface area contributed by atoms with Gasteiger partial charge in [0.2, 0.25) is 5.91 Å². The fraction of sp³-hybridized carbons (Fsp3) is 0.769. The Labute approximate surface area is 137 Å². The molecule has 1 rings (SSSR count). The zero-order chi connectivity index (χ0) is 18.1. The van der Waals surface area contributed by atoms with Crippen LogP contribution in [0.2, 0.25) is 0 Å². The van der Waals surface area contributed by atoms with Crippen LogP contribution < -0.4 is 5.32 Å². The molecule has 0 saturated carbocycles. The van der Waals surface area contributed by atoms with E-state index in [4.69, 9.17) is 0 Å². The van der Waals surface area contributed by atoms with Gasteiger partial charge in [0.05, 0.1) is 55.9 Å². The van der Waals surface area contributed by atoms with Gasteiger partial charge in [0.15, 0.2) is 9.84 Å². The van der Waals surface area contributed by atoms with E-state index in [9.17, 15) is 26.2 Å². The summed E-state index contributed by atoms with van der Waals surface area (Å²) in [7, 11) is -4.73. The van der Waals surface area contributed by atoms with Crippen molar-refractivity contribution >= 4 is 25.9 Å². The van der Waals surface area contributed by atoms with Crippen LogP contribution in [-0.2, 0) is 24.7 Å². The van der Waals surface area contributed by atoms with Crippen molar-refractivity contribution in [3.63, 3.8) is 0 Å². The monoisotopic (exact) mass is 368 g/mol. The molecule has 1 aliphatic heterocycles. The van der Waals surface area contributed by atoms with Gasteiger partial charge >= 0.3 is 0 Å². The predicted molar refractivity (Wildman–Crippen MR) is 85.3 cm³/mol. The Morgan fingerprint density at radius 3 is 2.52 bits per heavy atom. The second-order valence-electron chi connectivity index (χ2n) is 6.88. The largest absolute Gasteiger partial charge is 0.748 e. The fourth-order valence-corrected chi connectivity index (χ4v) is 7.08. The maximum absolute atomic E-state index is 12.1. The second-order valence-corrected chi connectivity index (χ2v) is 10.5. The highest BCUT2D eigenvalue weighted by molar-refractivity contribution is 7.94. The highest BCUT2D eigenvalue weighted by atomic mass is 32.2. The molecule has 8 nitrogen and oxygen atoms in total. The van der Waals surface area contributed by atoms with Crippen LogP contribution >= 0.6 is 0 Å². The van der Waals surface area contributed by atoms with Crippen LogP contribution in [0, 0.1) is 0 Å². The lowest BCUT2D eigenvalue weighted by Gasteiger charge is -2.33. The van der Waals surface area contributed by atoms with Crippen molar-refractivity contribution < 1.29 is 30.7 Å². The van der Waals surface area contributed by atoms with Gasteiger partial charge in [-0.3, -0.25) is 4.79 Å². The van der Waals surface area contributed by atoms with Crippen molar-refractivity contribution in [3.8, 4) is 0 Å². The van der Waals surface area contributed by atoms with E-state index in [1.54, 1.807) is 6.08 Å². The summed E-state index contributed by atoms with van der Waals surface area (Å²) in [4.78, 5) is 12.1. The Morgan fingerprint density at radius 1 is 1.48 bits per heavy atom. The molecule has 2 atom stereocenters. The van der Waals surface area contributed by atoms with E-state index < -0.39 is 48.2 Å². The molecule has 0 bridgehead atoms. The molecule has 1 fully saturated rings. The Hall–Kier alpha value is -0.970. The molecule has 1 heterocycles. The van der Waals surface area contributed by atoms with E-state index in [0.29, 0.717) is 17.6 Å². The molecule has 0 spiro atoms. The van der Waals surface area contributed by atoms with E-state index >= 15 is 0 Å². The van der Waals surface area contributed by atoms with Crippen LogP contribution in [0.3, 0.4) is 0 Å². The summed E-state index contributed by atoms with van der Waals surface area (Å²) in [5.74, 6) is -1.79. The lowest BCUT2D eigenvalue weighted by molar-refractivity contribution is -0.883. The first kappa shape index (κ1) is 20.1. The second kappa shape index (κ2) is 6.50. The number of amides is 1. The molecular weight excluding hydrogens is 344 g/mol. The van der Waals surface area contributed by atoms with E-state index in [0.717, 1.165) is 0 Å². The quantitative estimate of drug-likeness (QED) is 0.344. The zero-order valence-electron chi connectivity index (χ0n) is 13.6. The van der Waals surface area contributed by atoms with E-state index in [2.05, 4.69) is 11.9 Å². The van der Waals surface area contributed by atoms with Crippen LogP contribution in [0.1, 0.15) is 13.3 Å². The van der Waals surface area contributed by atoms with Gasteiger partial charge in [0.25, 0.3) is 0 Å². The molecule has 1 aliphatic rings. The summed E-state index contributed by atoms with van der Waals surface area (Å²) in [6.07, 6.45) is 1.81. The van der Waals surface area contributed by atoms with Crippen molar-refractivity contribution in [2.45, 2.75) is 24.1 Å². The topological polar surface area (TPSA) is 120 Å². The summed E-state index contributed by atoms with van der Waals surface area (Å²) in [6.45, 7) is 6.04. The summed E-state index contributed by atoms with van der Waals surface area (Å²) in [6, 6.07) is 0. The van der Waals surface area contributed by atoms with Gasteiger partial charge in [0, 0.05) is 0 Å². The minimum Gasteiger partial charge on any atom is -0.748 e. The minimum absolute atomic E-state index is 0.0854. The van der Waals surface area contributed by atoms with Crippen molar-refractivity contribution in [1.82, 2.24) is 5.32 Å². The molecule has 0 aromatic heterocycles. The summed E-state index contributed by atoms with van der Waals surface area (Å²) < 4.78 is 58.0. The molecule has 1 saturated heterocycles. The normalized spacial score (nSPS) is 27.6. The molecule has 2 unspecified atom stereocenters. The van der Waals surface area contributed by atoms with Crippen molar-refractivity contribution in [1.29, 1.82) is 0 Å². The van der Waals surface area contributed by atoms with Crippen molar-refractivity contribution in [2.24, 2.45) is 0 Å². The molecule has 0 aromatic carbocycles. The van der Waals surface area contributed by atoms with Gasteiger partial charge in [-0.15, -0.1) is 0 Å². The molecule has 0 aromatic rings. The molecule has 134 valence electrons. The molecule has 1 N–H and O–H groups in total. The maximum Gasteiger partial charge on any atom is 0.226 e. The number of likely N-dealkylation sites (N-methyl/N-ethyl adjacent to an activating group) is 1. The first-order valence-corrected chi connectivity index (χ1v) is 10.4. The summed E-state index contributed by atoms with van der Waals surface area (Å²) in [5, 5.41) is 0.782. The minimum atomic E-state index is -4.84. The van der Waals surface area contributed by atoms with Crippen LogP contribution in [0.25, 0.3) is 0 Å². The molecule has 0 radical (unpaired) electrons. The number of hydrogen-bond acceptors (Lipinski definition) is 6. The number of carbonyl (C=O) groups excluding carboxylic acids is 1. The molecular formula is C13H24N2O6S2. The number of carbonyl (C=O) groups is 1. The van der Waals surface area contributed by atoms with Crippen LogP contribution in [0.4, 0.5) is 0 Å². The lowest BCUT2D eigenvalue weighted by Crippen LogP contribution is -2.57. The van der Waals surface area contributed by atoms with E-state index in [1.165, 1.54) is 6.92 Å². The van der Waals surface area contributed by atoms with Crippen LogP contribution in [0.5, 0.6) is 0 Å². The first-order valence-electron chi connectivity index (χ1n) is 7.10. The van der Waals surface area contributed by atoms with E-state index in [-0.39, 0.29) is 6.42 Å². The Balaban J connectivity index is 2.84. The predicted octanol–water partition coefficient (Wildman–Crippen LogP) is -1.14. The van der Waals surface area contributed by atoms with Gasteiger partial charge < -0.3 is 14.4 Å². The maximum atomic E-state index is 12.1. The molecule has 10 heteroatoms. The van der Waals surface area contributed by atoms with Gasteiger partial charge in [-0.2, -0.15) is 0 Å². The molecule has 23 heavy (non-hydrogen) atoms. The number of rotatable bonds is 7. The van der Waals surface area contributed by atoms with Crippen molar-refractivity contribution in [3.05, 3.63) is 12.7 Å². The van der Waals surface area contributed by atoms with Crippen LogP contribution in [0.15, 0.2) is 12.7 Å². The standard InChI is InChI=1S/C13H24N2O6S2/c1-5-7-15(3,4)8-6-12(16)14-13(2)10-22(17,18)9-11(13)23(19,20)21/h5,11H,1,6-10H2,2-4H3,(H-,14,16,19,20,21). The third-order valence-electron chi connectivity index (χ3n) is 3.98. The zero-order valence-corrected chi connectivity index (χ0v) is 15.2. The van der Waals surface area contributed by atoms with E-state index in [1.807, 2.05) is 14.1 Å². The van der Waals surface area contributed by atoms with Gasteiger partial charge in [-0.25, -0.2) is 16.8 Å². The summed E-state index contributed by atoms with van der Waals surface area (Å²) >= 11 is 0. The highest BCUT2D eigenvalue weighted by Crippen LogP contribution is 2.28. The Bertz CT molecular complexity index is 683. The summed E-state index contributed by atoms with van der Waals surface area (Å²) in [5.41, 5.74) is -1.59. The van der Waals surface area contributed by atoms with Gasteiger partial charge in [0.1, 0.15) is 10.1 Å². The molecule has 0 aliphatic carbocycles. The number of quaternary nitrogens is 1. The third kappa shape index (κ3) is 5.55. The highest BCUT2D eigenvalue weighted by Gasteiger charge is 2.51. The third-order valence-corrected chi connectivity index (χ3v) is 7.45. The van der Waals surface area contributed by atoms with Gasteiger partial charge in [-0.1, -0.05) is 6.58 Å². The SMILES string of the molecule is C=CC[N+](C)(C)CCC(=O)NC1(C)CS(=O)(=O)CC1S(=O)(=O)[O-]. The average molecular weight is 368 g/mol. The Kier molecular flexibility index (Phi) is 5.67. The average Bonchev–Trinajstić information content (AvgIpc) is 2.56. The number of hydrogen-bond donors (Lipinski definition) is 1. The van der Waals surface area contributed by atoms with Crippen molar-refractivity contribution in [2.75, 3.05) is 38.7 Å². The van der Waals surface area contributed by atoms with Crippen LogP contribution in [-0.4, -0.2) is 81.3 Å². The fourth-order valence-electron chi connectivity index (χ4n) is 2.77. The number of sulfone groups is 1.